The van der Waals surface area contributed by atoms with Gasteiger partial charge in [0.15, 0.2) is 0 Å². The number of rotatable bonds is 40. The van der Waals surface area contributed by atoms with Crippen LogP contribution in [0.2, 0.25) is 0 Å². The van der Waals surface area contributed by atoms with Crippen molar-refractivity contribution >= 4 is 141 Å². The van der Waals surface area contributed by atoms with Gasteiger partial charge in [0.25, 0.3) is 0 Å². The fourth-order valence-electron chi connectivity index (χ4n) is 18.0. The molecule has 596 valence electrons. The van der Waals surface area contributed by atoms with Crippen LogP contribution in [-0.2, 0) is 45.9 Å². The summed E-state index contributed by atoms with van der Waals surface area (Å²) < 4.78 is 55.2. The van der Waals surface area contributed by atoms with Gasteiger partial charge in [-0.1, -0.05) is 229 Å². The number of unbranched alkanes of at least 4 members (excludes halogenated alkanes) is 12. The van der Waals surface area contributed by atoms with E-state index in [1.165, 1.54) is 98.0 Å². The van der Waals surface area contributed by atoms with Gasteiger partial charge in [-0.2, -0.15) is 0 Å². The molecule has 0 aliphatic carbocycles. The molecule has 13 heteroatoms. The standard InChI is InChI=1S/C105H101Br2N5O6/c106-78-49-51-104-94(67-78)95-68-79(107)50-52-105(95)112(104)72-75-61-84(117-73-76-63-80(113-57-29-5-1-25-53-108-96-41-17-9-33-86(96)87-34-10-18-42-97(87)108)69-81(64-76)114-58-30-6-2-26-54-109-98-43-19-11-35-88(98)89-36-12-20-44-99(89)109)71-85(62-75)118-74-77-65-82(115-59-31-7-3-27-55-110-100-45-21-13-37-90(100)91-38-14-22-46-101(91)110)70-83(66-77)116-60-32-8-4-28-56-111-102-47-23-15-39-92(102)93-40-16-24-48-103(93)111/h9-24,33-52,61-71H,1-8,25-32,53-60,72-74H2. The van der Waals surface area contributed by atoms with Gasteiger partial charge in [0.05, 0.1) is 26.4 Å². The molecule has 5 aromatic heterocycles. The number of para-hydroxylation sites is 8. The first-order chi connectivity index (χ1) is 58.3. The number of hydrogen-bond donors (Lipinski definition) is 0. The molecule has 13 aromatic carbocycles. The molecule has 0 fully saturated rings. The first kappa shape index (κ1) is 77.8. The summed E-state index contributed by atoms with van der Waals surface area (Å²) in [5.41, 5.74) is 15.6. The summed E-state index contributed by atoms with van der Waals surface area (Å²) in [6, 6.07) is 102. The van der Waals surface area contributed by atoms with Crippen molar-refractivity contribution in [2.75, 3.05) is 26.4 Å². The first-order valence-corrected chi connectivity index (χ1v) is 44.3. The topological polar surface area (TPSA) is 80.0 Å². The maximum Gasteiger partial charge on any atom is 0.123 e. The summed E-state index contributed by atoms with van der Waals surface area (Å²) in [5.74, 6) is 4.51. The maximum absolute atomic E-state index is 7.01. The quantitative estimate of drug-likeness (QED) is 0.0356. The molecule has 18 aromatic rings. The van der Waals surface area contributed by atoms with Gasteiger partial charge in [0.1, 0.15) is 47.7 Å². The van der Waals surface area contributed by atoms with E-state index in [1.807, 2.05) is 6.07 Å². The molecule has 0 N–H and O–H groups in total. The van der Waals surface area contributed by atoms with E-state index in [4.69, 9.17) is 28.4 Å². The lowest BCUT2D eigenvalue weighted by Crippen LogP contribution is -2.05. The van der Waals surface area contributed by atoms with Crippen molar-refractivity contribution in [3.63, 3.8) is 0 Å². The lowest BCUT2D eigenvalue weighted by molar-refractivity contribution is 0.276. The molecule has 118 heavy (non-hydrogen) atoms. The minimum Gasteiger partial charge on any atom is -0.493 e. The van der Waals surface area contributed by atoms with Gasteiger partial charge in [0, 0.05) is 169 Å². The molecule has 0 spiro atoms. The SMILES string of the molecule is Brc1ccc2c(c1)c1cc(Br)ccc1n2Cc1cc(OCc2cc(OCCCCCCn3c4ccccc4c4ccccc43)cc(OCCCCCCn3c4ccccc4c4ccccc43)c2)cc(OCc2cc(OCCCCCCn3c4ccccc4c4ccccc43)cc(OCCCCCCn3c4ccccc4c4ccccc43)c2)c1. The van der Waals surface area contributed by atoms with Gasteiger partial charge in [-0.05, 0) is 189 Å². The van der Waals surface area contributed by atoms with E-state index in [2.05, 4.69) is 334 Å². The second kappa shape index (κ2) is 37.1. The highest BCUT2D eigenvalue weighted by atomic mass is 79.9. The van der Waals surface area contributed by atoms with Gasteiger partial charge in [-0.3, -0.25) is 0 Å². The number of benzene rings is 13. The van der Waals surface area contributed by atoms with Crippen molar-refractivity contribution in [2.24, 2.45) is 0 Å². The van der Waals surface area contributed by atoms with Crippen LogP contribution in [0.1, 0.15) is 119 Å². The van der Waals surface area contributed by atoms with Crippen LogP contribution in [0.25, 0.3) is 109 Å². The Labute approximate surface area is 707 Å². The van der Waals surface area contributed by atoms with Crippen molar-refractivity contribution in [1.29, 1.82) is 0 Å². The van der Waals surface area contributed by atoms with E-state index < -0.39 is 0 Å². The van der Waals surface area contributed by atoms with Gasteiger partial charge in [-0.25, -0.2) is 0 Å². The maximum atomic E-state index is 7.01. The third-order valence-electron chi connectivity index (χ3n) is 23.7. The van der Waals surface area contributed by atoms with Crippen LogP contribution in [0.4, 0.5) is 0 Å². The molecule has 5 heterocycles. The molecule has 0 amide bonds. The number of halogens is 2. The van der Waals surface area contributed by atoms with Crippen LogP contribution < -0.4 is 28.4 Å². The predicted molar refractivity (Wildman–Crippen MR) is 496 cm³/mol. The second-order valence-corrected chi connectivity index (χ2v) is 33.6. The molecular weight excluding hydrogens is 1590 g/mol. The third-order valence-corrected chi connectivity index (χ3v) is 24.6. The summed E-state index contributed by atoms with van der Waals surface area (Å²) >= 11 is 7.59. The molecule has 0 unspecified atom stereocenters. The van der Waals surface area contributed by atoms with Gasteiger partial charge >= 0.3 is 0 Å². The summed E-state index contributed by atoms with van der Waals surface area (Å²) in [6.07, 6.45) is 16.9. The average Bonchev–Trinajstić information content (AvgIpc) is 1.62. The van der Waals surface area contributed by atoms with Gasteiger partial charge in [-0.15, -0.1) is 0 Å². The molecule has 0 atom stereocenters. The normalized spacial score (nSPS) is 11.9. The number of aromatic nitrogens is 5. The minimum absolute atomic E-state index is 0.280. The Kier molecular flexibility index (Phi) is 24.4. The van der Waals surface area contributed by atoms with Crippen molar-refractivity contribution in [3.05, 3.63) is 311 Å². The van der Waals surface area contributed by atoms with Crippen LogP contribution in [0.5, 0.6) is 34.5 Å². The Hall–Kier alpha value is -11.4. The van der Waals surface area contributed by atoms with Gasteiger partial charge in [0.2, 0.25) is 0 Å². The first-order valence-electron chi connectivity index (χ1n) is 42.8. The van der Waals surface area contributed by atoms with Crippen LogP contribution in [0.15, 0.2) is 294 Å². The van der Waals surface area contributed by atoms with Crippen LogP contribution >= 0.6 is 31.9 Å². The average molecular weight is 1690 g/mol. The summed E-state index contributed by atoms with van der Waals surface area (Å²) in [6.45, 7) is 7.46. The lowest BCUT2D eigenvalue weighted by atomic mass is 10.1. The number of hydrogen-bond acceptors (Lipinski definition) is 6. The van der Waals surface area contributed by atoms with Crippen LogP contribution in [0.3, 0.4) is 0 Å². The zero-order valence-electron chi connectivity index (χ0n) is 67.2. The molecule has 0 saturated carbocycles. The van der Waals surface area contributed by atoms with Gasteiger partial charge < -0.3 is 51.3 Å². The van der Waals surface area contributed by atoms with E-state index in [-0.39, 0.29) is 13.2 Å². The Morgan fingerprint density at radius 2 is 0.407 bits per heavy atom. The molecule has 11 nitrogen and oxygen atoms in total. The van der Waals surface area contributed by atoms with E-state index in [0.29, 0.717) is 44.5 Å². The third kappa shape index (κ3) is 17.6. The van der Waals surface area contributed by atoms with E-state index in [9.17, 15) is 0 Å². The smallest absolute Gasteiger partial charge is 0.123 e. The van der Waals surface area contributed by atoms with Crippen molar-refractivity contribution in [1.82, 2.24) is 22.8 Å². The predicted octanol–water partition coefficient (Wildman–Crippen LogP) is 28.5. The number of aryl methyl sites for hydroxylation is 4. The summed E-state index contributed by atoms with van der Waals surface area (Å²) in [4.78, 5) is 0. The zero-order valence-corrected chi connectivity index (χ0v) is 70.3. The molecular formula is C105H101Br2N5O6. The summed E-state index contributed by atoms with van der Waals surface area (Å²) in [5, 5.41) is 12.9. The second-order valence-electron chi connectivity index (χ2n) is 31.7. The van der Waals surface area contributed by atoms with Crippen molar-refractivity contribution in [2.45, 2.75) is 149 Å². The van der Waals surface area contributed by atoms with Crippen LogP contribution in [0, 0.1) is 0 Å². The zero-order chi connectivity index (χ0) is 79.4. The highest BCUT2D eigenvalue weighted by Gasteiger charge is 2.19. The van der Waals surface area contributed by atoms with E-state index >= 15 is 0 Å². The van der Waals surface area contributed by atoms with E-state index in [0.717, 1.165) is 189 Å². The molecule has 0 radical (unpaired) electrons. The molecule has 0 saturated heterocycles. The monoisotopic (exact) mass is 1690 g/mol. The molecule has 0 aliphatic rings. The highest BCUT2D eigenvalue weighted by Crippen LogP contribution is 2.39. The molecule has 18 rings (SSSR count). The number of nitrogens with zero attached hydrogens (tertiary/aromatic N) is 5. The number of fused-ring (bicyclic) bond motifs is 15. The molecule has 0 bridgehead atoms. The van der Waals surface area contributed by atoms with E-state index in [1.54, 1.807) is 0 Å². The largest absolute Gasteiger partial charge is 0.493 e. The fraction of sp³-hybridized carbons (Fsp3) is 0.257. The Balaban J connectivity index is 0.569. The molecule has 0 aliphatic heterocycles. The Morgan fingerprint density at radius 3 is 0.669 bits per heavy atom. The fourth-order valence-corrected chi connectivity index (χ4v) is 18.7. The summed E-state index contributed by atoms with van der Waals surface area (Å²) in [7, 11) is 0. The van der Waals surface area contributed by atoms with Crippen molar-refractivity contribution < 1.29 is 28.4 Å². The highest BCUT2D eigenvalue weighted by molar-refractivity contribution is 9.10. The lowest BCUT2D eigenvalue weighted by Gasteiger charge is -2.16. The number of ether oxygens (including phenoxy) is 6. The van der Waals surface area contributed by atoms with Crippen LogP contribution in [-0.4, -0.2) is 49.3 Å². The Morgan fingerprint density at radius 1 is 0.186 bits per heavy atom. The van der Waals surface area contributed by atoms with Crippen molar-refractivity contribution in [3.8, 4) is 34.5 Å². The Bertz CT molecular complexity index is 5650. The minimum atomic E-state index is 0.280.